The van der Waals surface area contributed by atoms with Gasteiger partial charge in [0, 0.05) is 43.7 Å². The Morgan fingerprint density at radius 2 is 1.54 bits per heavy atom. The van der Waals surface area contributed by atoms with Gasteiger partial charge >= 0.3 is 0 Å². The van der Waals surface area contributed by atoms with E-state index in [9.17, 15) is 18.3 Å². The number of Topliss-reactive ketones (excluding diaryl/α,β-unsaturated/α-hetero) is 1. The van der Waals surface area contributed by atoms with Crippen molar-refractivity contribution in [2.24, 2.45) is 0 Å². The first-order chi connectivity index (χ1) is 12.3. The number of benzene rings is 2. The van der Waals surface area contributed by atoms with Crippen LogP contribution >= 0.6 is 0 Å². The van der Waals surface area contributed by atoms with Gasteiger partial charge in [0.1, 0.15) is 5.75 Å². The fourth-order valence-electron chi connectivity index (χ4n) is 3.01. The summed E-state index contributed by atoms with van der Waals surface area (Å²) >= 11 is 0. The summed E-state index contributed by atoms with van der Waals surface area (Å²) in [6, 6.07) is 13.2. The molecule has 0 aromatic heterocycles. The minimum Gasteiger partial charge on any atom is -0.508 e. The minimum absolute atomic E-state index is 0.0110. The number of anilines is 1. The first-order valence-electron chi connectivity index (χ1n) is 8.42. The van der Waals surface area contributed by atoms with E-state index in [1.807, 2.05) is 12.1 Å². The van der Waals surface area contributed by atoms with Crippen molar-refractivity contribution in [3.63, 3.8) is 0 Å². The van der Waals surface area contributed by atoms with Crippen molar-refractivity contribution in [2.45, 2.75) is 4.90 Å². The minimum atomic E-state index is -3.25. The summed E-state index contributed by atoms with van der Waals surface area (Å²) in [5.41, 5.74) is 1.59. The van der Waals surface area contributed by atoms with Crippen molar-refractivity contribution in [1.82, 2.24) is 4.90 Å². The summed E-state index contributed by atoms with van der Waals surface area (Å²) in [7, 11) is -3.25. The van der Waals surface area contributed by atoms with E-state index < -0.39 is 9.84 Å². The van der Waals surface area contributed by atoms with Crippen LogP contribution in [0.2, 0.25) is 0 Å². The molecule has 0 amide bonds. The van der Waals surface area contributed by atoms with E-state index in [4.69, 9.17) is 0 Å². The standard InChI is InChI=1S/C19H22N2O4S/c1-26(24,25)18-8-2-15(3-9-18)19(23)14-20-10-12-21(13-11-20)16-4-6-17(22)7-5-16/h2-9,22H,10-14H2,1H3. The molecule has 0 atom stereocenters. The van der Waals surface area contributed by atoms with Gasteiger partial charge in [-0.15, -0.1) is 0 Å². The van der Waals surface area contributed by atoms with E-state index in [2.05, 4.69) is 9.80 Å². The number of ketones is 1. The fourth-order valence-corrected chi connectivity index (χ4v) is 3.64. The summed E-state index contributed by atoms with van der Waals surface area (Å²) in [6.45, 7) is 3.49. The normalized spacial score (nSPS) is 15.8. The molecular formula is C19H22N2O4S. The Labute approximate surface area is 153 Å². The lowest BCUT2D eigenvalue weighted by Gasteiger charge is -2.35. The summed E-state index contributed by atoms with van der Waals surface area (Å²) in [5, 5.41) is 9.37. The van der Waals surface area contributed by atoms with Gasteiger partial charge in [-0.1, -0.05) is 12.1 Å². The van der Waals surface area contributed by atoms with E-state index in [-0.39, 0.29) is 16.4 Å². The topological polar surface area (TPSA) is 77.9 Å². The first-order valence-corrected chi connectivity index (χ1v) is 10.3. The van der Waals surface area contributed by atoms with Crippen molar-refractivity contribution < 1.29 is 18.3 Å². The third-order valence-electron chi connectivity index (χ3n) is 4.56. The van der Waals surface area contributed by atoms with E-state index in [1.54, 1.807) is 24.3 Å². The van der Waals surface area contributed by atoms with Gasteiger partial charge in [-0.3, -0.25) is 9.69 Å². The molecule has 1 fully saturated rings. The van der Waals surface area contributed by atoms with Gasteiger partial charge in [-0.05, 0) is 36.4 Å². The number of phenols is 1. The number of sulfone groups is 1. The van der Waals surface area contributed by atoms with Crippen LogP contribution in [0.1, 0.15) is 10.4 Å². The molecule has 3 rings (SSSR count). The van der Waals surface area contributed by atoms with Crippen molar-refractivity contribution >= 4 is 21.3 Å². The van der Waals surface area contributed by atoms with E-state index in [0.717, 1.165) is 38.1 Å². The highest BCUT2D eigenvalue weighted by Gasteiger charge is 2.20. The Balaban J connectivity index is 1.55. The predicted molar refractivity (Wildman–Crippen MR) is 101 cm³/mol. The van der Waals surface area contributed by atoms with Crippen LogP contribution in [0.3, 0.4) is 0 Å². The molecule has 1 aliphatic rings. The molecule has 2 aromatic carbocycles. The summed E-state index contributed by atoms with van der Waals surface area (Å²) < 4.78 is 23.0. The molecule has 0 bridgehead atoms. The number of aromatic hydroxyl groups is 1. The molecule has 0 spiro atoms. The molecule has 1 saturated heterocycles. The third-order valence-corrected chi connectivity index (χ3v) is 5.69. The number of carbonyl (C=O) groups excluding carboxylic acids is 1. The molecule has 138 valence electrons. The highest BCUT2D eigenvalue weighted by Crippen LogP contribution is 2.20. The van der Waals surface area contributed by atoms with E-state index >= 15 is 0 Å². The van der Waals surface area contributed by atoms with Crippen molar-refractivity contribution in [1.29, 1.82) is 0 Å². The van der Waals surface area contributed by atoms with E-state index in [0.29, 0.717) is 12.1 Å². The Hall–Kier alpha value is -2.38. The molecule has 0 unspecified atom stereocenters. The molecule has 2 aromatic rings. The van der Waals surface area contributed by atoms with Gasteiger partial charge in [-0.25, -0.2) is 8.42 Å². The first kappa shape index (κ1) is 18.4. The molecule has 26 heavy (non-hydrogen) atoms. The van der Waals surface area contributed by atoms with Gasteiger partial charge in [0.25, 0.3) is 0 Å². The molecule has 1 N–H and O–H groups in total. The van der Waals surface area contributed by atoms with Crippen LogP contribution in [0, 0.1) is 0 Å². The van der Waals surface area contributed by atoms with Crippen LogP contribution in [-0.2, 0) is 9.84 Å². The van der Waals surface area contributed by atoms with Crippen LogP contribution in [-0.4, -0.2) is 63.2 Å². The van der Waals surface area contributed by atoms with Gasteiger partial charge in [0.15, 0.2) is 15.6 Å². The average Bonchev–Trinajstić information content (AvgIpc) is 2.62. The zero-order valence-corrected chi connectivity index (χ0v) is 15.4. The number of hydrogen-bond donors (Lipinski definition) is 1. The van der Waals surface area contributed by atoms with Crippen molar-refractivity contribution in [3.8, 4) is 5.75 Å². The largest absolute Gasteiger partial charge is 0.508 e. The lowest BCUT2D eigenvalue weighted by atomic mass is 10.1. The highest BCUT2D eigenvalue weighted by atomic mass is 32.2. The quantitative estimate of drug-likeness (QED) is 0.804. The number of rotatable bonds is 5. The second kappa shape index (κ2) is 7.47. The van der Waals surface area contributed by atoms with Gasteiger partial charge in [0.05, 0.1) is 11.4 Å². The zero-order chi connectivity index (χ0) is 18.7. The van der Waals surface area contributed by atoms with Crippen LogP contribution in [0.5, 0.6) is 5.75 Å². The third kappa shape index (κ3) is 4.42. The molecule has 0 radical (unpaired) electrons. The molecule has 7 heteroatoms. The Kier molecular flexibility index (Phi) is 5.29. The number of piperazine rings is 1. The summed E-state index contributed by atoms with van der Waals surface area (Å²) in [6.07, 6.45) is 1.15. The van der Waals surface area contributed by atoms with Crippen LogP contribution in [0.4, 0.5) is 5.69 Å². The molecule has 0 saturated carbocycles. The van der Waals surface area contributed by atoms with Gasteiger partial charge < -0.3 is 10.0 Å². The second-order valence-corrected chi connectivity index (χ2v) is 8.52. The Morgan fingerprint density at radius 3 is 2.08 bits per heavy atom. The monoisotopic (exact) mass is 374 g/mol. The fraction of sp³-hybridized carbons (Fsp3) is 0.316. The average molecular weight is 374 g/mol. The van der Waals surface area contributed by atoms with Crippen molar-refractivity contribution in [3.05, 3.63) is 54.1 Å². The zero-order valence-electron chi connectivity index (χ0n) is 14.6. The second-order valence-electron chi connectivity index (χ2n) is 6.50. The lowest BCUT2D eigenvalue weighted by Crippen LogP contribution is -2.48. The maximum absolute atomic E-state index is 12.4. The van der Waals surface area contributed by atoms with Crippen LogP contribution < -0.4 is 4.90 Å². The maximum atomic E-state index is 12.4. The molecule has 1 aliphatic heterocycles. The Morgan fingerprint density at radius 1 is 0.962 bits per heavy atom. The molecule has 0 aliphatic carbocycles. The van der Waals surface area contributed by atoms with Crippen LogP contribution in [0.25, 0.3) is 0 Å². The van der Waals surface area contributed by atoms with Gasteiger partial charge in [0.2, 0.25) is 0 Å². The molecule has 1 heterocycles. The smallest absolute Gasteiger partial charge is 0.176 e. The molecular weight excluding hydrogens is 352 g/mol. The lowest BCUT2D eigenvalue weighted by molar-refractivity contribution is 0.0926. The van der Waals surface area contributed by atoms with Gasteiger partial charge in [-0.2, -0.15) is 0 Å². The van der Waals surface area contributed by atoms with Crippen LogP contribution in [0.15, 0.2) is 53.4 Å². The molecule has 6 nitrogen and oxygen atoms in total. The predicted octanol–water partition coefficient (Wildman–Crippen LogP) is 1.80. The van der Waals surface area contributed by atoms with E-state index in [1.165, 1.54) is 12.1 Å². The maximum Gasteiger partial charge on any atom is 0.176 e. The summed E-state index contributed by atoms with van der Waals surface area (Å²) in [5.74, 6) is 0.239. The number of hydrogen-bond acceptors (Lipinski definition) is 6. The SMILES string of the molecule is CS(=O)(=O)c1ccc(C(=O)CN2CCN(c3ccc(O)cc3)CC2)cc1. The highest BCUT2D eigenvalue weighted by molar-refractivity contribution is 7.90. The number of nitrogens with zero attached hydrogens (tertiary/aromatic N) is 2. The Bertz CT molecular complexity index is 869. The number of phenolic OH excluding ortho intramolecular Hbond substituents is 1. The summed E-state index contributed by atoms with van der Waals surface area (Å²) in [4.78, 5) is 17.0. The number of carbonyl (C=O) groups is 1. The van der Waals surface area contributed by atoms with Crippen molar-refractivity contribution in [2.75, 3.05) is 43.9 Å².